The zero-order valence-corrected chi connectivity index (χ0v) is 8.74. The molecule has 0 aromatic heterocycles. The quantitative estimate of drug-likeness (QED) is 0.637. The molecule has 0 saturated heterocycles. The number of aliphatic hydroxyl groups is 1. The van der Waals surface area contributed by atoms with Crippen molar-refractivity contribution in [2.45, 2.75) is 19.4 Å². The fraction of sp³-hybridized carbons (Fsp3) is 0.667. The van der Waals surface area contributed by atoms with Crippen LogP contribution in [0.1, 0.15) is 13.8 Å². The Kier molecular flexibility index (Phi) is 7.46. The third-order valence-corrected chi connectivity index (χ3v) is 1.77. The number of aliphatic hydroxyl groups excluding tert-OH is 1. The Labute approximate surface area is 79.5 Å². The number of rotatable bonds is 3. The second-order valence-electron chi connectivity index (χ2n) is 3.41. The first-order valence-electron chi connectivity index (χ1n) is 3.91. The first kappa shape index (κ1) is 14.6. The lowest BCUT2D eigenvalue weighted by Gasteiger charge is -2.29. The molecule has 0 unspecified atom stereocenters. The topological polar surface area (TPSA) is 60.8 Å². The number of hydrogen-bond donors (Lipinski definition) is 2. The van der Waals surface area contributed by atoms with Gasteiger partial charge in [-0.2, -0.15) is 0 Å². The largest absolute Gasteiger partial charge is 0.478 e. The molecule has 0 aliphatic heterocycles. The zero-order valence-electron chi connectivity index (χ0n) is 8.74. The summed E-state index contributed by atoms with van der Waals surface area (Å²) >= 11 is 0. The summed E-state index contributed by atoms with van der Waals surface area (Å²) in [4.78, 5) is 11.2. The molecule has 0 heterocycles. The molecule has 0 aromatic rings. The number of carbonyl (C=O) groups is 1. The van der Waals surface area contributed by atoms with E-state index in [2.05, 4.69) is 6.58 Å². The Morgan fingerprint density at radius 2 is 1.85 bits per heavy atom. The van der Waals surface area contributed by atoms with Gasteiger partial charge in [0.05, 0.1) is 6.61 Å². The van der Waals surface area contributed by atoms with Crippen molar-refractivity contribution >= 4 is 5.97 Å². The maximum atomic E-state index is 9.25. The minimum absolute atomic E-state index is 0.0694. The molecule has 0 aliphatic rings. The summed E-state index contributed by atoms with van der Waals surface area (Å²) in [6, 6.07) is 0. The van der Waals surface area contributed by atoms with Gasteiger partial charge in [0.1, 0.15) is 0 Å². The fourth-order valence-electron chi connectivity index (χ4n) is 0.141. The van der Waals surface area contributed by atoms with Gasteiger partial charge in [-0.25, -0.2) is 4.79 Å². The van der Waals surface area contributed by atoms with Crippen molar-refractivity contribution in [3.63, 3.8) is 0 Å². The fourth-order valence-corrected chi connectivity index (χ4v) is 0.141. The van der Waals surface area contributed by atoms with Crippen LogP contribution in [0.4, 0.5) is 0 Å². The minimum atomic E-state index is -0.981. The van der Waals surface area contributed by atoms with E-state index < -0.39 is 5.97 Å². The van der Waals surface area contributed by atoms with Gasteiger partial charge in [0, 0.05) is 11.6 Å². The van der Waals surface area contributed by atoms with Crippen LogP contribution in [0.5, 0.6) is 0 Å². The maximum absolute atomic E-state index is 9.25. The third-order valence-electron chi connectivity index (χ3n) is 1.77. The molecule has 0 atom stereocenters. The number of carboxylic acid groups (broad SMARTS) is 1. The molecular formula is C9H19NO3. The predicted molar refractivity (Wildman–Crippen MR) is 52.7 cm³/mol. The highest BCUT2D eigenvalue weighted by molar-refractivity contribution is 5.78. The average Bonchev–Trinajstić information content (AvgIpc) is 2.05. The molecule has 4 heteroatoms. The highest BCUT2D eigenvalue weighted by Crippen LogP contribution is 2.06. The highest BCUT2D eigenvalue weighted by Gasteiger charge is 2.17. The van der Waals surface area contributed by atoms with Crippen molar-refractivity contribution in [2.24, 2.45) is 0 Å². The van der Waals surface area contributed by atoms with Crippen molar-refractivity contribution in [1.82, 2.24) is 4.90 Å². The van der Waals surface area contributed by atoms with Crippen molar-refractivity contribution in [3.05, 3.63) is 12.7 Å². The van der Waals surface area contributed by atoms with Crippen LogP contribution in [0, 0.1) is 0 Å². The van der Waals surface area contributed by atoms with Crippen molar-refractivity contribution in [3.8, 4) is 0 Å². The lowest BCUT2D eigenvalue weighted by molar-refractivity contribution is -0.131. The van der Waals surface area contributed by atoms with Crippen LogP contribution < -0.4 is 0 Å². The molecule has 4 nitrogen and oxygen atoms in total. The van der Waals surface area contributed by atoms with Gasteiger partial charge < -0.3 is 15.1 Å². The molecule has 0 aromatic carbocycles. The molecule has 0 aliphatic carbocycles. The summed E-state index contributed by atoms with van der Waals surface area (Å²) in [7, 11) is 3.91. The number of likely N-dealkylation sites (N-methyl/N-ethyl adjacent to an activating group) is 1. The van der Waals surface area contributed by atoms with Crippen molar-refractivity contribution < 1.29 is 15.0 Å². The van der Waals surface area contributed by atoms with Crippen molar-refractivity contribution in [1.29, 1.82) is 0 Å². The Morgan fingerprint density at radius 3 is 1.85 bits per heavy atom. The van der Waals surface area contributed by atoms with Gasteiger partial charge in [0.15, 0.2) is 0 Å². The number of hydrogen-bond acceptors (Lipinski definition) is 3. The first-order chi connectivity index (χ1) is 5.77. The predicted octanol–water partition coefficient (Wildman–Crippen LogP) is 0.576. The minimum Gasteiger partial charge on any atom is -0.478 e. The van der Waals surface area contributed by atoms with E-state index in [-0.39, 0.29) is 12.1 Å². The summed E-state index contributed by atoms with van der Waals surface area (Å²) in [6.07, 6.45) is 0.833. The summed E-state index contributed by atoms with van der Waals surface area (Å²) < 4.78 is 0. The molecule has 0 radical (unpaired) electrons. The van der Waals surface area contributed by atoms with E-state index in [1.807, 2.05) is 32.8 Å². The zero-order chi connectivity index (χ0) is 11.1. The third kappa shape index (κ3) is 9.04. The Balaban J connectivity index is 0. The molecule has 0 fully saturated rings. The van der Waals surface area contributed by atoms with E-state index in [9.17, 15) is 4.79 Å². The summed E-state index contributed by atoms with van der Waals surface area (Å²) in [6.45, 7) is 7.16. The number of carboxylic acids is 1. The molecule has 0 amide bonds. The average molecular weight is 189 g/mol. The van der Waals surface area contributed by atoms with Gasteiger partial charge in [-0.1, -0.05) is 6.58 Å². The molecule has 0 bridgehead atoms. The smallest absolute Gasteiger partial charge is 0.327 e. The molecular weight excluding hydrogens is 170 g/mol. The van der Waals surface area contributed by atoms with Crippen LogP contribution in [-0.2, 0) is 4.79 Å². The molecule has 13 heavy (non-hydrogen) atoms. The lowest BCUT2D eigenvalue weighted by Crippen LogP contribution is -2.41. The molecule has 0 spiro atoms. The Bertz CT molecular complexity index is 164. The lowest BCUT2D eigenvalue weighted by atomic mass is 10.1. The van der Waals surface area contributed by atoms with Crippen LogP contribution in [0.3, 0.4) is 0 Å². The van der Waals surface area contributed by atoms with E-state index in [1.165, 1.54) is 0 Å². The Hall–Kier alpha value is -0.870. The van der Waals surface area contributed by atoms with Gasteiger partial charge in [-0.3, -0.25) is 0 Å². The number of aliphatic carboxylic acids is 1. The summed E-state index contributed by atoms with van der Waals surface area (Å²) in [5.74, 6) is -0.981. The van der Waals surface area contributed by atoms with Crippen LogP contribution in [-0.4, -0.2) is 47.3 Å². The van der Waals surface area contributed by atoms with Crippen LogP contribution in [0.15, 0.2) is 12.7 Å². The van der Waals surface area contributed by atoms with Crippen LogP contribution in [0.25, 0.3) is 0 Å². The van der Waals surface area contributed by atoms with Gasteiger partial charge in [-0.05, 0) is 27.9 Å². The normalized spacial score (nSPS) is 10.3. The summed E-state index contributed by atoms with van der Waals surface area (Å²) in [5, 5.41) is 16.3. The molecule has 0 rings (SSSR count). The van der Waals surface area contributed by atoms with Crippen LogP contribution >= 0.6 is 0 Å². The van der Waals surface area contributed by atoms with E-state index in [1.54, 1.807) is 0 Å². The monoisotopic (exact) mass is 189 g/mol. The van der Waals surface area contributed by atoms with E-state index in [0.717, 1.165) is 6.08 Å². The molecule has 2 N–H and O–H groups in total. The van der Waals surface area contributed by atoms with E-state index >= 15 is 0 Å². The maximum Gasteiger partial charge on any atom is 0.327 e. The summed E-state index contributed by atoms with van der Waals surface area (Å²) in [5.41, 5.74) is -0.0694. The second-order valence-corrected chi connectivity index (χ2v) is 3.41. The first-order valence-corrected chi connectivity index (χ1v) is 3.91. The van der Waals surface area contributed by atoms with Gasteiger partial charge >= 0.3 is 5.97 Å². The standard InChI is InChI=1S/C6H15NO.C3H4O2/c1-6(2,5-8)7(3)4;1-2-3(4)5/h8H,5H2,1-4H3;2H,1H2,(H,4,5). The highest BCUT2D eigenvalue weighted by atomic mass is 16.4. The molecule has 78 valence electrons. The van der Waals surface area contributed by atoms with E-state index in [0.29, 0.717) is 0 Å². The number of nitrogens with zero attached hydrogens (tertiary/aromatic N) is 1. The van der Waals surface area contributed by atoms with Gasteiger partial charge in [0.25, 0.3) is 0 Å². The van der Waals surface area contributed by atoms with Crippen molar-refractivity contribution in [2.75, 3.05) is 20.7 Å². The second kappa shape index (κ2) is 6.62. The Morgan fingerprint density at radius 1 is 1.54 bits per heavy atom. The van der Waals surface area contributed by atoms with Gasteiger partial charge in [-0.15, -0.1) is 0 Å². The SMILES string of the molecule is C=CC(=O)O.CN(C)C(C)(C)CO. The van der Waals surface area contributed by atoms with E-state index in [4.69, 9.17) is 10.2 Å². The molecule has 0 saturated carbocycles. The van der Waals surface area contributed by atoms with Crippen LogP contribution in [0.2, 0.25) is 0 Å². The van der Waals surface area contributed by atoms with Gasteiger partial charge in [0.2, 0.25) is 0 Å².